The van der Waals surface area contributed by atoms with Crippen molar-refractivity contribution in [2.45, 2.75) is 12.8 Å². The minimum atomic E-state index is -0.158. The van der Waals surface area contributed by atoms with E-state index in [1.54, 1.807) is 0 Å². The van der Waals surface area contributed by atoms with E-state index in [2.05, 4.69) is 5.32 Å². The van der Waals surface area contributed by atoms with Crippen molar-refractivity contribution in [3.8, 4) is 0 Å². The summed E-state index contributed by atoms with van der Waals surface area (Å²) in [7, 11) is 1.40. The van der Waals surface area contributed by atoms with Gasteiger partial charge in [0, 0.05) is 18.2 Å². The summed E-state index contributed by atoms with van der Waals surface area (Å²) in [5.74, 6) is -0.164. The van der Waals surface area contributed by atoms with Crippen molar-refractivity contribution in [2.24, 2.45) is 0 Å². The third-order valence-electron chi connectivity index (χ3n) is 2.43. The standard InChI is InChI=1S/C10H11NO3/c1-14-8-5-7(12)9-6(10(8)13)3-2-4-11-9/h5,11H,2-4H2,1H3. The number of hydrogen-bond acceptors (Lipinski definition) is 4. The van der Waals surface area contributed by atoms with Gasteiger partial charge in [-0.3, -0.25) is 9.59 Å². The number of rotatable bonds is 1. The van der Waals surface area contributed by atoms with Crippen molar-refractivity contribution >= 4 is 11.6 Å². The van der Waals surface area contributed by atoms with Gasteiger partial charge in [0.2, 0.25) is 11.6 Å². The molecular formula is C10H11NO3. The van der Waals surface area contributed by atoms with Gasteiger partial charge in [-0.1, -0.05) is 0 Å². The number of Topliss-reactive ketones (excluding diaryl/α,β-unsaturated/α-hetero) is 1. The molecule has 4 nitrogen and oxygen atoms in total. The van der Waals surface area contributed by atoms with Crippen LogP contribution in [0.3, 0.4) is 0 Å². The van der Waals surface area contributed by atoms with Gasteiger partial charge >= 0.3 is 0 Å². The van der Waals surface area contributed by atoms with Crippen LogP contribution in [0.25, 0.3) is 0 Å². The molecule has 0 amide bonds. The monoisotopic (exact) mass is 193 g/mol. The number of carbonyl (C=O) groups is 2. The summed E-state index contributed by atoms with van der Waals surface area (Å²) in [6.07, 6.45) is 2.79. The van der Waals surface area contributed by atoms with E-state index in [1.807, 2.05) is 0 Å². The second-order valence-corrected chi connectivity index (χ2v) is 3.29. The molecule has 0 aromatic carbocycles. The first-order valence-electron chi connectivity index (χ1n) is 4.56. The summed E-state index contributed by atoms with van der Waals surface area (Å²) in [4.78, 5) is 23.2. The number of hydrogen-bond donors (Lipinski definition) is 1. The van der Waals surface area contributed by atoms with Crippen LogP contribution in [0.5, 0.6) is 0 Å². The molecule has 0 saturated heterocycles. The van der Waals surface area contributed by atoms with Crippen molar-refractivity contribution in [3.63, 3.8) is 0 Å². The zero-order chi connectivity index (χ0) is 10.1. The van der Waals surface area contributed by atoms with E-state index in [0.717, 1.165) is 13.0 Å². The minimum Gasteiger partial charge on any atom is -0.493 e. The predicted octanol–water partition coefficient (Wildman–Crippen LogP) is 0.306. The molecule has 0 aromatic rings. The van der Waals surface area contributed by atoms with Gasteiger partial charge in [0.1, 0.15) is 0 Å². The summed E-state index contributed by atoms with van der Waals surface area (Å²) < 4.78 is 4.85. The van der Waals surface area contributed by atoms with Crippen molar-refractivity contribution in [3.05, 3.63) is 23.1 Å². The molecule has 74 valence electrons. The summed E-state index contributed by atoms with van der Waals surface area (Å²) >= 11 is 0. The van der Waals surface area contributed by atoms with Gasteiger partial charge in [-0.15, -0.1) is 0 Å². The summed E-state index contributed by atoms with van der Waals surface area (Å²) in [5.41, 5.74) is 1.03. The third kappa shape index (κ3) is 1.23. The van der Waals surface area contributed by atoms with Crippen LogP contribution in [0.1, 0.15) is 12.8 Å². The van der Waals surface area contributed by atoms with Gasteiger partial charge in [-0.25, -0.2) is 0 Å². The molecule has 2 rings (SSSR count). The van der Waals surface area contributed by atoms with Crippen LogP contribution in [0, 0.1) is 0 Å². The second kappa shape index (κ2) is 3.29. The van der Waals surface area contributed by atoms with Crippen LogP contribution >= 0.6 is 0 Å². The summed E-state index contributed by atoms with van der Waals surface area (Å²) in [6.45, 7) is 0.758. The van der Waals surface area contributed by atoms with Crippen molar-refractivity contribution in [2.75, 3.05) is 13.7 Å². The second-order valence-electron chi connectivity index (χ2n) is 3.29. The van der Waals surface area contributed by atoms with Gasteiger partial charge in [-0.2, -0.15) is 0 Å². The molecule has 0 radical (unpaired) electrons. The Morgan fingerprint density at radius 1 is 1.43 bits per heavy atom. The zero-order valence-electron chi connectivity index (χ0n) is 7.92. The molecule has 0 bridgehead atoms. The maximum Gasteiger partial charge on any atom is 0.225 e. The van der Waals surface area contributed by atoms with Crippen molar-refractivity contribution < 1.29 is 14.3 Å². The lowest BCUT2D eigenvalue weighted by atomic mass is 9.92. The minimum absolute atomic E-state index is 0.150. The number of methoxy groups -OCH3 is 1. The van der Waals surface area contributed by atoms with Gasteiger partial charge in [0.05, 0.1) is 12.8 Å². The Morgan fingerprint density at radius 2 is 2.21 bits per heavy atom. The number of allylic oxidation sites excluding steroid dienone is 2. The highest BCUT2D eigenvalue weighted by Gasteiger charge is 2.30. The maximum absolute atomic E-state index is 11.7. The molecule has 2 aliphatic rings. The lowest BCUT2D eigenvalue weighted by Crippen LogP contribution is -2.33. The van der Waals surface area contributed by atoms with Crippen LogP contribution in [0.15, 0.2) is 23.1 Å². The Hall–Kier alpha value is -1.58. The van der Waals surface area contributed by atoms with E-state index >= 15 is 0 Å². The molecule has 1 heterocycles. The van der Waals surface area contributed by atoms with E-state index in [-0.39, 0.29) is 17.3 Å². The normalized spacial score (nSPS) is 21.4. The van der Waals surface area contributed by atoms with Crippen LogP contribution < -0.4 is 5.32 Å². The first kappa shape index (κ1) is 8.99. The van der Waals surface area contributed by atoms with E-state index < -0.39 is 0 Å². The molecule has 4 heteroatoms. The highest BCUT2D eigenvalue weighted by molar-refractivity contribution is 6.21. The number of carbonyl (C=O) groups excluding carboxylic acids is 2. The maximum atomic E-state index is 11.7. The van der Waals surface area contributed by atoms with E-state index in [1.165, 1.54) is 13.2 Å². The first-order chi connectivity index (χ1) is 6.74. The Bertz CT molecular complexity index is 366. The molecule has 1 aliphatic carbocycles. The van der Waals surface area contributed by atoms with Gasteiger partial charge in [0.15, 0.2) is 5.76 Å². The lowest BCUT2D eigenvalue weighted by molar-refractivity contribution is -0.118. The van der Waals surface area contributed by atoms with E-state index in [9.17, 15) is 9.59 Å². The summed E-state index contributed by atoms with van der Waals surface area (Å²) in [5, 5.41) is 2.95. The first-order valence-corrected chi connectivity index (χ1v) is 4.56. The highest BCUT2D eigenvalue weighted by atomic mass is 16.5. The molecule has 1 N–H and O–H groups in total. The molecule has 0 unspecified atom stereocenters. The van der Waals surface area contributed by atoms with Crippen LogP contribution in [0.4, 0.5) is 0 Å². The topological polar surface area (TPSA) is 55.4 Å². The molecule has 1 aliphatic heterocycles. The third-order valence-corrected chi connectivity index (χ3v) is 2.43. The quantitative estimate of drug-likeness (QED) is 0.609. The largest absolute Gasteiger partial charge is 0.493 e. The Labute approximate surface area is 81.6 Å². The van der Waals surface area contributed by atoms with Crippen LogP contribution in [0.2, 0.25) is 0 Å². The Kier molecular flexibility index (Phi) is 2.11. The number of ketones is 2. The SMILES string of the molecule is COC1=CC(=O)C2=C(CCCN2)C1=O. The van der Waals surface area contributed by atoms with Crippen LogP contribution in [-0.4, -0.2) is 25.2 Å². The van der Waals surface area contributed by atoms with Crippen LogP contribution in [-0.2, 0) is 14.3 Å². The highest BCUT2D eigenvalue weighted by Crippen LogP contribution is 2.24. The summed E-state index contributed by atoms with van der Waals surface area (Å²) in [6, 6.07) is 0. The molecule has 0 aromatic heterocycles. The van der Waals surface area contributed by atoms with Gasteiger partial charge in [-0.05, 0) is 12.8 Å². The number of ether oxygens (including phenoxy) is 1. The average molecular weight is 193 g/mol. The number of nitrogens with one attached hydrogen (secondary N) is 1. The smallest absolute Gasteiger partial charge is 0.225 e. The van der Waals surface area contributed by atoms with E-state index in [4.69, 9.17) is 4.74 Å². The van der Waals surface area contributed by atoms with Gasteiger partial charge in [0.25, 0.3) is 0 Å². The fraction of sp³-hybridized carbons (Fsp3) is 0.400. The Morgan fingerprint density at radius 3 is 2.93 bits per heavy atom. The molecular weight excluding hydrogens is 182 g/mol. The Balaban J connectivity index is 2.41. The van der Waals surface area contributed by atoms with E-state index in [0.29, 0.717) is 17.7 Å². The fourth-order valence-corrected chi connectivity index (χ4v) is 1.73. The fourth-order valence-electron chi connectivity index (χ4n) is 1.73. The van der Waals surface area contributed by atoms with Crippen molar-refractivity contribution in [1.29, 1.82) is 0 Å². The van der Waals surface area contributed by atoms with Crippen molar-refractivity contribution in [1.82, 2.24) is 5.32 Å². The molecule has 0 atom stereocenters. The zero-order valence-corrected chi connectivity index (χ0v) is 7.92. The molecule has 0 fully saturated rings. The average Bonchev–Trinajstić information content (AvgIpc) is 2.23. The lowest BCUT2D eigenvalue weighted by Gasteiger charge is -2.23. The van der Waals surface area contributed by atoms with Gasteiger partial charge < -0.3 is 10.1 Å². The molecule has 14 heavy (non-hydrogen) atoms. The predicted molar refractivity (Wildman–Crippen MR) is 49.4 cm³/mol. The molecule has 0 spiro atoms. The molecule has 0 saturated carbocycles.